The quantitative estimate of drug-likeness (QED) is 0.681. The summed E-state index contributed by atoms with van der Waals surface area (Å²) in [4.78, 5) is 25.8. The zero-order chi connectivity index (χ0) is 13.1. The second-order valence-corrected chi connectivity index (χ2v) is 4.99. The summed E-state index contributed by atoms with van der Waals surface area (Å²) in [6, 6.07) is -0.993. The van der Waals surface area contributed by atoms with E-state index in [-0.39, 0.29) is 12.0 Å². The number of rotatable bonds is 3. The van der Waals surface area contributed by atoms with Gasteiger partial charge in [-0.25, -0.2) is 4.79 Å². The van der Waals surface area contributed by atoms with E-state index in [1.165, 1.54) is 0 Å². The predicted octanol–water partition coefficient (Wildman–Crippen LogP) is 0.516. The molecular weight excluding hydrogens is 236 g/mol. The molecule has 3 N–H and O–H groups in total. The summed E-state index contributed by atoms with van der Waals surface area (Å²) in [6.07, 6.45) is 5.47. The van der Waals surface area contributed by atoms with E-state index in [1.807, 2.05) is 0 Å². The van der Waals surface area contributed by atoms with E-state index in [4.69, 9.17) is 10.2 Å². The minimum Gasteiger partial charge on any atom is -0.480 e. The summed E-state index contributed by atoms with van der Waals surface area (Å²) in [7, 11) is 0. The molecule has 2 heterocycles. The molecule has 0 bridgehead atoms. The second kappa shape index (κ2) is 5.48. The number of aliphatic carboxylic acids is 2. The van der Waals surface area contributed by atoms with Crippen LogP contribution in [0.1, 0.15) is 32.1 Å². The highest BCUT2D eigenvalue weighted by molar-refractivity contribution is 5.78. The lowest BCUT2D eigenvalue weighted by Gasteiger charge is -2.34. The first-order chi connectivity index (χ1) is 8.58. The van der Waals surface area contributed by atoms with Crippen LogP contribution in [-0.2, 0) is 9.59 Å². The minimum atomic E-state index is -0.885. The normalized spacial score (nSPS) is 36.2. The molecule has 2 aliphatic rings. The van der Waals surface area contributed by atoms with Crippen molar-refractivity contribution in [3.8, 4) is 0 Å². The SMILES string of the molecule is O=C(O)C1CCC(C2CCCC(C(=O)O)N2)C=N1. The Balaban J connectivity index is 1.94. The molecular formula is C12H18N2O4. The van der Waals surface area contributed by atoms with Gasteiger partial charge in [0.2, 0.25) is 0 Å². The van der Waals surface area contributed by atoms with Gasteiger partial charge in [-0.2, -0.15) is 0 Å². The lowest BCUT2D eigenvalue weighted by Crippen LogP contribution is -2.50. The molecule has 0 radical (unpaired) electrons. The van der Waals surface area contributed by atoms with E-state index < -0.39 is 24.0 Å². The number of carboxylic acid groups (broad SMARTS) is 2. The summed E-state index contributed by atoms with van der Waals surface area (Å²) < 4.78 is 0. The Bertz CT molecular complexity index is 369. The molecule has 2 aliphatic heterocycles. The standard InChI is InChI=1S/C12H18N2O4/c15-11(16)9-5-4-7(6-13-9)8-2-1-3-10(14-8)12(17)18/h6-10,14H,1-5H2,(H,15,16)(H,17,18). The summed E-state index contributed by atoms with van der Waals surface area (Å²) in [5.74, 6) is -1.54. The number of nitrogens with zero attached hydrogens (tertiary/aromatic N) is 1. The van der Waals surface area contributed by atoms with Crippen LogP contribution in [-0.4, -0.2) is 46.5 Å². The van der Waals surface area contributed by atoms with Crippen molar-refractivity contribution in [1.82, 2.24) is 5.32 Å². The van der Waals surface area contributed by atoms with Gasteiger partial charge in [0.15, 0.2) is 0 Å². The van der Waals surface area contributed by atoms with Gasteiger partial charge in [0.05, 0.1) is 0 Å². The molecule has 0 aromatic carbocycles. The predicted molar refractivity (Wildman–Crippen MR) is 64.8 cm³/mol. The Hall–Kier alpha value is -1.43. The van der Waals surface area contributed by atoms with Crippen molar-refractivity contribution in [2.75, 3.05) is 0 Å². The highest BCUT2D eigenvalue weighted by Gasteiger charge is 2.32. The van der Waals surface area contributed by atoms with Crippen molar-refractivity contribution in [3.63, 3.8) is 0 Å². The molecule has 1 fully saturated rings. The number of hydrogen-bond acceptors (Lipinski definition) is 4. The topological polar surface area (TPSA) is 99.0 Å². The monoisotopic (exact) mass is 254 g/mol. The average Bonchev–Trinajstić information content (AvgIpc) is 2.39. The van der Waals surface area contributed by atoms with E-state index in [0.717, 1.165) is 19.3 Å². The molecule has 0 aromatic rings. The Labute approximate surface area is 105 Å². The molecule has 6 nitrogen and oxygen atoms in total. The molecule has 4 atom stereocenters. The van der Waals surface area contributed by atoms with Crippen molar-refractivity contribution in [3.05, 3.63) is 0 Å². The summed E-state index contributed by atoms with van der Waals surface area (Å²) in [5.41, 5.74) is 0. The van der Waals surface area contributed by atoms with Crippen LogP contribution < -0.4 is 5.32 Å². The molecule has 100 valence electrons. The van der Waals surface area contributed by atoms with Crippen LogP contribution in [0.4, 0.5) is 0 Å². The first kappa shape index (κ1) is 13.0. The molecule has 0 aliphatic carbocycles. The highest BCUT2D eigenvalue weighted by Crippen LogP contribution is 2.25. The van der Waals surface area contributed by atoms with Gasteiger partial charge < -0.3 is 15.5 Å². The van der Waals surface area contributed by atoms with E-state index in [2.05, 4.69) is 10.3 Å². The molecule has 0 aromatic heterocycles. The highest BCUT2D eigenvalue weighted by atomic mass is 16.4. The first-order valence-corrected chi connectivity index (χ1v) is 6.33. The fraction of sp³-hybridized carbons (Fsp3) is 0.750. The smallest absolute Gasteiger partial charge is 0.328 e. The molecule has 1 saturated heterocycles. The largest absolute Gasteiger partial charge is 0.480 e. The Morgan fingerprint density at radius 2 is 1.89 bits per heavy atom. The van der Waals surface area contributed by atoms with Gasteiger partial charge in [0, 0.05) is 18.2 Å². The average molecular weight is 254 g/mol. The maximum atomic E-state index is 11.0. The third kappa shape index (κ3) is 2.87. The number of carboxylic acids is 2. The Morgan fingerprint density at radius 1 is 1.11 bits per heavy atom. The minimum absolute atomic E-state index is 0.110. The van der Waals surface area contributed by atoms with Crippen LogP contribution in [0.3, 0.4) is 0 Å². The molecule has 18 heavy (non-hydrogen) atoms. The van der Waals surface area contributed by atoms with Gasteiger partial charge in [-0.1, -0.05) is 0 Å². The maximum Gasteiger partial charge on any atom is 0.328 e. The van der Waals surface area contributed by atoms with E-state index in [1.54, 1.807) is 6.21 Å². The van der Waals surface area contributed by atoms with Gasteiger partial charge in [0.25, 0.3) is 0 Å². The zero-order valence-corrected chi connectivity index (χ0v) is 10.1. The van der Waals surface area contributed by atoms with Crippen LogP contribution in [0.2, 0.25) is 0 Å². The van der Waals surface area contributed by atoms with Crippen molar-refractivity contribution in [2.24, 2.45) is 10.9 Å². The number of carbonyl (C=O) groups is 2. The Morgan fingerprint density at radius 3 is 2.44 bits per heavy atom. The van der Waals surface area contributed by atoms with Gasteiger partial charge in [-0.3, -0.25) is 9.79 Å². The molecule has 0 saturated carbocycles. The molecule has 2 rings (SSSR count). The number of piperidine rings is 1. The van der Waals surface area contributed by atoms with E-state index in [0.29, 0.717) is 12.8 Å². The molecule has 0 spiro atoms. The second-order valence-electron chi connectivity index (χ2n) is 4.99. The first-order valence-electron chi connectivity index (χ1n) is 6.33. The summed E-state index contributed by atoms with van der Waals surface area (Å²) >= 11 is 0. The van der Waals surface area contributed by atoms with Crippen molar-refractivity contribution in [1.29, 1.82) is 0 Å². The van der Waals surface area contributed by atoms with Crippen molar-refractivity contribution in [2.45, 2.75) is 50.2 Å². The maximum absolute atomic E-state index is 11.0. The Kier molecular flexibility index (Phi) is 3.96. The van der Waals surface area contributed by atoms with Crippen LogP contribution >= 0.6 is 0 Å². The summed E-state index contributed by atoms with van der Waals surface area (Å²) in [5, 5.41) is 21.0. The fourth-order valence-corrected chi connectivity index (χ4v) is 2.71. The van der Waals surface area contributed by atoms with Gasteiger partial charge in [0.1, 0.15) is 12.1 Å². The van der Waals surface area contributed by atoms with Gasteiger partial charge in [-0.15, -0.1) is 0 Å². The van der Waals surface area contributed by atoms with Gasteiger partial charge >= 0.3 is 11.9 Å². The fourth-order valence-electron chi connectivity index (χ4n) is 2.71. The number of nitrogens with one attached hydrogen (secondary N) is 1. The lowest BCUT2D eigenvalue weighted by atomic mass is 9.85. The van der Waals surface area contributed by atoms with Crippen molar-refractivity contribution >= 4 is 18.2 Å². The number of hydrogen-bond donors (Lipinski definition) is 3. The van der Waals surface area contributed by atoms with E-state index >= 15 is 0 Å². The lowest BCUT2D eigenvalue weighted by molar-refractivity contribution is -0.140. The number of aliphatic imine (C=N–C) groups is 1. The van der Waals surface area contributed by atoms with Crippen LogP contribution in [0.5, 0.6) is 0 Å². The van der Waals surface area contributed by atoms with Crippen LogP contribution in [0, 0.1) is 5.92 Å². The molecule has 6 heteroatoms. The van der Waals surface area contributed by atoms with Crippen LogP contribution in [0.25, 0.3) is 0 Å². The van der Waals surface area contributed by atoms with Crippen molar-refractivity contribution < 1.29 is 19.8 Å². The zero-order valence-electron chi connectivity index (χ0n) is 10.1. The third-order valence-electron chi connectivity index (χ3n) is 3.75. The molecule has 4 unspecified atom stereocenters. The molecule has 0 amide bonds. The third-order valence-corrected chi connectivity index (χ3v) is 3.75. The summed E-state index contributed by atoms with van der Waals surface area (Å²) in [6.45, 7) is 0. The van der Waals surface area contributed by atoms with Gasteiger partial charge in [-0.05, 0) is 32.1 Å². The van der Waals surface area contributed by atoms with Crippen LogP contribution in [0.15, 0.2) is 4.99 Å². The van der Waals surface area contributed by atoms with E-state index in [9.17, 15) is 9.59 Å².